The summed E-state index contributed by atoms with van der Waals surface area (Å²) in [7, 11) is 0. The zero-order chi connectivity index (χ0) is 11.6. The van der Waals surface area contributed by atoms with E-state index < -0.39 is 11.4 Å². The average molecular weight is 247 g/mol. The summed E-state index contributed by atoms with van der Waals surface area (Å²) in [5, 5.41) is 9.85. The first-order chi connectivity index (χ1) is 6.83. The number of carboxylic acid groups (broad SMARTS) is 1. The number of benzene rings is 1. The van der Waals surface area contributed by atoms with Crippen molar-refractivity contribution < 1.29 is 9.90 Å². The summed E-state index contributed by atoms with van der Waals surface area (Å²) >= 11 is 11.8. The Labute approximate surface area is 98.8 Å². The number of carboxylic acids is 1. The summed E-state index contributed by atoms with van der Waals surface area (Å²) in [6.45, 7) is 3.69. The molecular weight excluding hydrogens is 235 g/mol. The predicted octanol–water partition coefficient (Wildman–Crippen LogP) is 3.75. The molecule has 0 heterocycles. The van der Waals surface area contributed by atoms with Crippen LogP contribution in [-0.2, 0) is 10.2 Å². The Hall–Kier alpha value is -0.730. The van der Waals surface area contributed by atoms with Gasteiger partial charge in [0.25, 0.3) is 0 Å². The van der Waals surface area contributed by atoms with Crippen molar-refractivity contribution in [2.45, 2.75) is 25.7 Å². The van der Waals surface area contributed by atoms with Crippen LogP contribution in [0.25, 0.3) is 0 Å². The van der Waals surface area contributed by atoms with E-state index in [0.717, 1.165) is 5.56 Å². The molecule has 0 amide bonds. The molecule has 0 aromatic heterocycles. The lowest BCUT2D eigenvalue weighted by Crippen LogP contribution is -2.22. The molecule has 0 atom stereocenters. The summed E-state index contributed by atoms with van der Waals surface area (Å²) in [6, 6.07) is 5.11. The second kappa shape index (κ2) is 4.42. The zero-order valence-corrected chi connectivity index (χ0v) is 10.1. The van der Waals surface area contributed by atoms with Crippen molar-refractivity contribution in [3.63, 3.8) is 0 Å². The van der Waals surface area contributed by atoms with E-state index in [2.05, 4.69) is 0 Å². The topological polar surface area (TPSA) is 37.3 Å². The lowest BCUT2D eigenvalue weighted by molar-refractivity contribution is -0.138. The molecule has 0 aliphatic heterocycles. The average Bonchev–Trinajstić information content (AvgIpc) is 1.99. The summed E-state index contributed by atoms with van der Waals surface area (Å²) < 4.78 is 0. The maximum atomic E-state index is 10.7. The summed E-state index contributed by atoms with van der Waals surface area (Å²) in [5.41, 5.74) is 0.309. The van der Waals surface area contributed by atoms with Crippen LogP contribution in [-0.4, -0.2) is 11.1 Å². The Bertz CT molecular complexity index is 386. The van der Waals surface area contributed by atoms with Crippen LogP contribution in [0, 0.1) is 0 Å². The van der Waals surface area contributed by atoms with E-state index >= 15 is 0 Å². The van der Waals surface area contributed by atoms with Crippen LogP contribution < -0.4 is 0 Å². The van der Waals surface area contributed by atoms with E-state index in [1.165, 1.54) is 0 Å². The number of hydrogen-bond acceptors (Lipinski definition) is 1. The van der Waals surface area contributed by atoms with Crippen LogP contribution in [0.5, 0.6) is 0 Å². The molecule has 0 aliphatic carbocycles. The highest BCUT2D eigenvalue weighted by molar-refractivity contribution is 6.35. The van der Waals surface area contributed by atoms with Gasteiger partial charge < -0.3 is 5.11 Å². The van der Waals surface area contributed by atoms with Crippen LogP contribution in [0.1, 0.15) is 25.8 Å². The van der Waals surface area contributed by atoms with Gasteiger partial charge in [0.1, 0.15) is 0 Å². The number of rotatable bonds is 3. The Morgan fingerprint density at radius 2 is 2.00 bits per heavy atom. The third kappa shape index (κ3) is 3.11. The Balaban J connectivity index is 3.09. The van der Waals surface area contributed by atoms with Crippen molar-refractivity contribution in [2.75, 3.05) is 0 Å². The van der Waals surface area contributed by atoms with Gasteiger partial charge in [0.2, 0.25) is 0 Å². The first kappa shape index (κ1) is 12.3. The maximum absolute atomic E-state index is 10.7. The fraction of sp³-hybridized carbons (Fsp3) is 0.364. The largest absolute Gasteiger partial charge is 0.481 e. The molecule has 2 nitrogen and oxygen atoms in total. The van der Waals surface area contributed by atoms with E-state index in [0.29, 0.717) is 10.0 Å². The minimum Gasteiger partial charge on any atom is -0.481 e. The summed E-state index contributed by atoms with van der Waals surface area (Å²) in [4.78, 5) is 10.7. The molecule has 0 bridgehead atoms. The van der Waals surface area contributed by atoms with Gasteiger partial charge in [-0.3, -0.25) is 4.79 Å². The SMILES string of the molecule is CC(C)(CC(=O)O)c1ccc(Cl)cc1Cl. The van der Waals surface area contributed by atoms with Gasteiger partial charge in [-0.05, 0) is 17.7 Å². The molecule has 0 aliphatic rings. The Morgan fingerprint density at radius 1 is 1.40 bits per heavy atom. The number of hydrogen-bond donors (Lipinski definition) is 1. The third-order valence-electron chi connectivity index (χ3n) is 2.25. The van der Waals surface area contributed by atoms with Gasteiger partial charge in [0.05, 0.1) is 6.42 Å². The Morgan fingerprint density at radius 3 is 2.47 bits per heavy atom. The molecule has 0 unspecified atom stereocenters. The van der Waals surface area contributed by atoms with Gasteiger partial charge in [-0.2, -0.15) is 0 Å². The molecule has 82 valence electrons. The van der Waals surface area contributed by atoms with E-state index in [4.69, 9.17) is 28.3 Å². The smallest absolute Gasteiger partial charge is 0.304 e. The highest BCUT2D eigenvalue weighted by Gasteiger charge is 2.26. The first-order valence-electron chi connectivity index (χ1n) is 4.50. The van der Waals surface area contributed by atoms with Gasteiger partial charge in [0.15, 0.2) is 0 Å². The minimum atomic E-state index is -0.842. The molecule has 0 radical (unpaired) electrons. The summed E-state index contributed by atoms with van der Waals surface area (Å²) in [5.74, 6) is -0.842. The number of aliphatic carboxylic acids is 1. The van der Waals surface area contributed by atoms with Crippen molar-refractivity contribution >= 4 is 29.2 Å². The van der Waals surface area contributed by atoms with E-state index in [1.807, 2.05) is 13.8 Å². The molecule has 15 heavy (non-hydrogen) atoms. The van der Waals surface area contributed by atoms with E-state index in [-0.39, 0.29) is 6.42 Å². The van der Waals surface area contributed by atoms with Crippen LogP contribution in [0.4, 0.5) is 0 Å². The monoisotopic (exact) mass is 246 g/mol. The van der Waals surface area contributed by atoms with Crippen molar-refractivity contribution in [2.24, 2.45) is 0 Å². The second-order valence-corrected chi connectivity index (χ2v) is 4.92. The lowest BCUT2D eigenvalue weighted by Gasteiger charge is -2.24. The normalized spacial score (nSPS) is 11.5. The van der Waals surface area contributed by atoms with E-state index in [9.17, 15) is 4.79 Å². The van der Waals surface area contributed by atoms with Gasteiger partial charge in [0, 0.05) is 15.5 Å². The van der Waals surface area contributed by atoms with Crippen molar-refractivity contribution in [1.29, 1.82) is 0 Å². The molecule has 0 saturated carbocycles. The zero-order valence-electron chi connectivity index (χ0n) is 8.55. The molecule has 1 rings (SSSR count). The molecular formula is C11H12Cl2O2. The van der Waals surface area contributed by atoms with Crippen LogP contribution >= 0.6 is 23.2 Å². The molecule has 0 fully saturated rings. The minimum absolute atomic E-state index is 0.0361. The van der Waals surface area contributed by atoms with Gasteiger partial charge in [-0.15, -0.1) is 0 Å². The highest BCUT2D eigenvalue weighted by Crippen LogP contribution is 2.34. The summed E-state index contributed by atoms with van der Waals surface area (Å²) in [6.07, 6.45) is 0.0361. The van der Waals surface area contributed by atoms with Gasteiger partial charge in [-0.25, -0.2) is 0 Å². The molecule has 1 aromatic carbocycles. The molecule has 4 heteroatoms. The number of carbonyl (C=O) groups is 1. The van der Waals surface area contributed by atoms with Gasteiger partial charge >= 0.3 is 5.97 Å². The molecule has 0 saturated heterocycles. The van der Waals surface area contributed by atoms with Crippen LogP contribution in [0.3, 0.4) is 0 Å². The molecule has 1 N–H and O–H groups in total. The molecule has 1 aromatic rings. The first-order valence-corrected chi connectivity index (χ1v) is 5.26. The third-order valence-corrected chi connectivity index (χ3v) is 2.80. The Kier molecular flexibility index (Phi) is 3.63. The van der Waals surface area contributed by atoms with E-state index in [1.54, 1.807) is 18.2 Å². The maximum Gasteiger partial charge on any atom is 0.304 e. The fourth-order valence-corrected chi connectivity index (χ4v) is 2.18. The lowest BCUT2D eigenvalue weighted by atomic mass is 9.81. The van der Waals surface area contributed by atoms with Gasteiger partial charge in [-0.1, -0.05) is 43.1 Å². The number of halogens is 2. The van der Waals surface area contributed by atoms with Crippen molar-refractivity contribution in [3.05, 3.63) is 33.8 Å². The highest BCUT2D eigenvalue weighted by atomic mass is 35.5. The van der Waals surface area contributed by atoms with Crippen molar-refractivity contribution in [3.8, 4) is 0 Å². The second-order valence-electron chi connectivity index (χ2n) is 4.08. The van der Waals surface area contributed by atoms with Crippen molar-refractivity contribution in [1.82, 2.24) is 0 Å². The standard InChI is InChI=1S/C11H12Cl2O2/c1-11(2,6-10(14)15)8-4-3-7(12)5-9(8)13/h3-5H,6H2,1-2H3,(H,14,15). The quantitative estimate of drug-likeness (QED) is 0.883. The van der Waals surface area contributed by atoms with Crippen LogP contribution in [0.2, 0.25) is 10.0 Å². The predicted molar refractivity (Wildman–Crippen MR) is 61.7 cm³/mol. The molecule has 0 spiro atoms. The fourth-order valence-electron chi connectivity index (χ4n) is 1.51. The van der Waals surface area contributed by atoms with Crippen LogP contribution in [0.15, 0.2) is 18.2 Å².